The van der Waals surface area contributed by atoms with Crippen LogP contribution in [0.1, 0.15) is 51.3 Å². The highest BCUT2D eigenvalue weighted by atomic mass is 16.4. The number of carboxylic acids is 1. The number of benzene rings is 2. The molecule has 6 heteroatoms. The smallest absolute Gasteiger partial charge is 0.336 e. The Hall–Kier alpha value is -3.28. The predicted octanol–water partition coefficient (Wildman–Crippen LogP) is 3.17. The van der Waals surface area contributed by atoms with E-state index in [2.05, 4.69) is 0 Å². The first-order chi connectivity index (χ1) is 11.9. The van der Waals surface area contributed by atoms with Crippen LogP contribution >= 0.6 is 0 Å². The molecule has 0 aromatic heterocycles. The summed E-state index contributed by atoms with van der Waals surface area (Å²) in [6.45, 7) is 3.02. The van der Waals surface area contributed by atoms with Crippen LogP contribution in [0.3, 0.4) is 0 Å². The number of carbonyl (C=O) groups is 4. The van der Waals surface area contributed by atoms with Gasteiger partial charge in [0.15, 0.2) is 5.78 Å². The van der Waals surface area contributed by atoms with Crippen molar-refractivity contribution in [3.8, 4) is 0 Å². The van der Waals surface area contributed by atoms with E-state index >= 15 is 0 Å². The number of carboxylic acid groups (broad SMARTS) is 1. The van der Waals surface area contributed by atoms with Gasteiger partial charge in [-0.05, 0) is 43.3 Å². The van der Waals surface area contributed by atoms with Crippen molar-refractivity contribution in [1.82, 2.24) is 0 Å². The molecule has 0 aliphatic heterocycles. The molecule has 0 fully saturated rings. The first-order valence-electron chi connectivity index (χ1n) is 7.67. The minimum Gasteiger partial charge on any atom is -0.478 e. The van der Waals surface area contributed by atoms with Crippen molar-refractivity contribution in [3.05, 3.63) is 65.2 Å². The highest BCUT2D eigenvalue weighted by molar-refractivity contribution is 6.23. The first-order valence-corrected chi connectivity index (χ1v) is 7.67. The number of anilines is 1. The molecule has 2 aromatic rings. The van der Waals surface area contributed by atoms with E-state index in [0.29, 0.717) is 5.56 Å². The molecule has 0 aliphatic carbocycles. The number of Topliss-reactive ketones (excluding diaryl/α,β-unsaturated/α-hetero) is 1. The number of ketones is 1. The van der Waals surface area contributed by atoms with E-state index in [1.54, 1.807) is 6.92 Å². The lowest BCUT2D eigenvalue weighted by Crippen LogP contribution is -2.37. The second-order valence-electron chi connectivity index (χ2n) is 5.34. The summed E-state index contributed by atoms with van der Waals surface area (Å²) < 4.78 is 0. The Morgan fingerprint density at radius 3 is 1.96 bits per heavy atom. The fourth-order valence-electron chi connectivity index (χ4n) is 2.35. The number of rotatable bonds is 5. The lowest BCUT2D eigenvalue weighted by molar-refractivity contribution is -0.117. The standard InChI is InChI=1S/C19H17NO5/c1-3-17(22)20(14-10-8-13(9-11-14)12(2)21)18(23)15-6-4-5-7-16(15)19(24)25/h4-11H,3H2,1-2H3,(H,24,25). The molecule has 1 N–H and O–H groups in total. The normalized spacial score (nSPS) is 10.2. The molecule has 0 spiro atoms. The molecule has 2 aromatic carbocycles. The maximum Gasteiger partial charge on any atom is 0.336 e. The van der Waals surface area contributed by atoms with Crippen LogP contribution in [0.2, 0.25) is 0 Å². The Balaban J connectivity index is 2.51. The van der Waals surface area contributed by atoms with Gasteiger partial charge >= 0.3 is 5.97 Å². The second-order valence-corrected chi connectivity index (χ2v) is 5.34. The number of hydrogen-bond donors (Lipinski definition) is 1. The molecule has 0 saturated carbocycles. The summed E-state index contributed by atoms with van der Waals surface area (Å²) >= 11 is 0. The molecule has 0 aliphatic rings. The summed E-state index contributed by atoms with van der Waals surface area (Å²) in [5.74, 6) is -2.58. The molecule has 0 atom stereocenters. The van der Waals surface area contributed by atoms with Crippen LogP contribution in [-0.2, 0) is 4.79 Å². The highest BCUT2D eigenvalue weighted by Crippen LogP contribution is 2.21. The molecule has 2 amide bonds. The molecular weight excluding hydrogens is 322 g/mol. The van der Waals surface area contributed by atoms with Crippen LogP contribution < -0.4 is 4.90 Å². The molecule has 25 heavy (non-hydrogen) atoms. The molecule has 0 heterocycles. The van der Waals surface area contributed by atoms with Gasteiger partial charge in [-0.25, -0.2) is 9.69 Å². The Kier molecular flexibility index (Phi) is 5.44. The zero-order valence-electron chi connectivity index (χ0n) is 13.9. The summed E-state index contributed by atoms with van der Waals surface area (Å²) in [4.78, 5) is 48.8. The van der Waals surface area contributed by atoms with E-state index in [4.69, 9.17) is 0 Å². The van der Waals surface area contributed by atoms with Crippen molar-refractivity contribution in [2.75, 3.05) is 4.90 Å². The van der Waals surface area contributed by atoms with Gasteiger partial charge in [0.2, 0.25) is 5.91 Å². The van der Waals surface area contributed by atoms with Crippen LogP contribution in [0.4, 0.5) is 5.69 Å². The Morgan fingerprint density at radius 1 is 0.920 bits per heavy atom. The van der Waals surface area contributed by atoms with Crippen LogP contribution in [0.15, 0.2) is 48.5 Å². The number of hydrogen-bond acceptors (Lipinski definition) is 4. The minimum absolute atomic E-state index is 0.0649. The lowest BCUT2D eigenvalue weighted by Gasteiger charge is -2.21. The van der Waals surface area contributed by atoms with Crippen LogP contribution in [-0.4, -0.2) is 28.7 Å². The third-order valence-electron chi connectivity index (χ3n) is 3.67. The number of aromatic carboxylic acids is 1. The topological polar surface area (TPSA) is 91.8 Å². The van der Waals surface area contributed by atoms with Crippen molar-refractivity contribution in [2.24, 2.45) is 0 Å². The van der Waals surface area contributed by atoms with E-state index in [1.807, 2.05) is 0 Å². The maximum absolute atomic E-state index is 12.9. The van der Waals surface area contributed by atoms with Gasteiger partial charge in [0.25, 0.3) is 5.91 Å². The summed E-state index contributed by atoms with van der Waals surface area (Å²) in [6, 6.07) is 11.7. The van der Waals surface area contributed by atoms with E-state index < -0.39 is 17.8 Å². The van der Waals surface area contributed by atoms with Crippen LogP contribution in [0, 0.1) is 0 Å². The Bertz CT molecular complexity index is 839. The van der Waals surface area contributed by atoms with E-state index in [9.17, 15) is 24.3 Å². The van der Waals surface area contributed by atoms with Gasteiger partial charge in [-0.3, -0.25) is 14.4 Å². The van der Waals surface area contributed by atoms with Gasteiger partial charge in [0.1, 0.15) is 0 Å². The fourth-order valence-corrected chi connectivity index (χ4v) is 2.35. The largest absolute Gasteiger partial charge is 0.478 e. The number of nitrogens with zero attached hydrogens (tertiary/aromatic N) is 1. The zero-order valence-corrected chi connectivity index (χ0v) is 13.9. The van der Waals surface area contributed by atoms with Crippen LogP contribution in [0.25, 0.3) is 0 Å². The van der Waals surface area contributed by atoms with Gasteiger partial charge in [0, 0.05) is 12.0 Å². The third-order valence-corrected chi connectivity index (χ3v) is 3.67. The fraction of sp³-hybridized carbons (Fsp3) is 0.158. The summed E-state index contributed by atoms with van der Waals surface area (Å²) in [5, 5.41) is 9.27. The zero-order chi connectivity index (χ0) is 18.6. The van der Waals surface area contributed by atoms with Gasteiger partial charge in [-0.2, -0.15) is 0 Å². The van der Waals surface area contributed by atoms with Gasteiger partial charge in [-0.15, -0.1) is 0 Å². The van der Waals surface area contributed by atoms with Crippen molar-refractivity contribution in [1.29, 1.82) is 0 Å². The molecule has 0 bridgehead atoms. The lowest BCUT2D eigenvalue weighted by atomic mass is 10.1. The van der Waals surface area contributed by atoms with Crippen LogP contribution in [0.5, 0.6) is 0 Å². The predicted molar refractivity (Wildman–Crippen MR) is 92.0 cm³/mol. The van der Waals surface area contributed by atoms with E-state index in [-0.39, 0.29) is 29.0 Å². The summed E-state index contributed by atoms with van der Waals surface area (Å²) in [6.07, 6.45) is 0.0649. The quantitative estimate of drug-likeness (QED) is 0.845. The van der Waals surface area contributed by atoms with E-state index in [1.165, 1.54) is 55.5 Å². The summed E-state index contributed by atoms with van der Waals surface area (Å²) in [7, 11) is 0. The minimum atomic E-state index is -1.25. The monoisotopic (exact) mass is 339 g/mol. The van der Waals surface area contributed by atoms with Crippen molar-refractivity contribution < 1.29 is 24.3 Å². The highest BCUT2D eigenvalue weighted by Gasteiger charge is 2.27. The molecular formula is C19H17NO5. The van der Waals surface area contributed by atoms with Gasteiger partial charge < -0.3 is 5.11 Å². The molecule has 0 saturated heterocycles. The number of imide groups is 1. The SMILES string of the molecule is CCC(=O)N(C(=O)c1ccccc1C(=O)O)c1ccc(C(C)=O)cc1. The Labute approximate surface area is 144 Å². The molecule has 128 valence electrons. The average molecular weight is 339 g/mol. The second kappa shape index (κ2) is 7.53. The third kappa shape index (κ3) is 3.80. The summed E-state index contributed by atoms with van der Waals surface area (Å²) in [5.41, 5.74) is 0.474. The molecule has 0 unspecified atom stereocenters. The van der Waals surface area contributed by atoms with E-state index in [0.717, 1.165) is 4.90 Å². The Morgan fingerprint density at radius 2 is 1.48 bits per heavy atom. The molecule has 0 radical (unpaired) electrons. The molecule has 6 nitrogen and oxygen atoms in total. The maximum atomic E-state index is 12.9. The number of amides is 2. The molecule has 2 rings (SSSR count). The van der Waals surface area contributed by atoms with Crippen molar-refractivity contribution in [2.45, 2.75) is 20.3 Å². The first kappa shape index (κ1) is 18.1. The van der Waals surface area contributed by atoms with Gasteiger partial charge in [-0.1, -0.05) is 19.1 Å². The average Bonchev–Trinajstić information content (AvgIpc) is 2.61. The van der Waals surface area contributed by atoms with Gasteiger partial charge in [0.05, 0.1) is 16.8 Å². The number of carbonyl (C=O) groups excluding carboxylic acids is 3. The van der Waals surface area contributed by atoms with Crippen molar-refractivity contribution in [3.63, 3.8) is 0 Å². The van der Waals surface area contributed by atoms with Crippen molar-refractivity contribution >= 4 is 29.3 Å².